The zero-order valence-electron chi connectivity index (χ0n) is 15.8. The largest absolute Gasteiger partial charge is 0.304 e. The van der Waals surface area contributed by atoms with Crippen LogP contribution in [0.1, 0.15) is 26.3 Å². The quantitative estimate of drug-likeness (QED) is 0.265. The molecule has 0 spiro atoms. The van der Waals surface area contributed by atoms with Gasteiger partial charge in [0.05, 0.1) is 0 Å². The number of pyridine rings is 1. The molecule has 1 aromatic heterocycles. The Kier molecular flexibility index (Phi) is 5.60. The SMILES string of the molecule is CC(C)(C)c1ccc(-c2cc[c-]c(-c3cc4ccccc4cn3)c2)cc1.[Ir]. The zero-order valence-corrected chi connectivity index (χ0v) is 18.2. The van der Waals surface area contributed by atoms with E-state index in [2.05, 4.69) is 92.5 Å². The van der Waals surface area contributed by atoms with Crippen LogP contribution < -0.4 is 0 Å². The number of fused-ring (bicyclic) bond motifs is 1. The summed E-state index contributed by atoms with van der Waals surface area (Å²) in [5, 5.41) is 2.36. The molecule has 27 heavy (non-hydrogen) atoms. The van der Waals surface area contributed by atoms with E-state index in [0.29, 0.717) is 0 Å². The molecule has 0 saturated heterocycles. The Hall–Kier alpha value is -2.28. The topological polar surface area (TPSA) is 12.9 Å². The molecule has 0 unspecified atom stereocenters. The molecule has 137 valence electrons. The molecule has 0 saturated carbocycles. The van der Waals surface area contributed by atoms with Crippen molar-refractivity contribution in [3.63, 3.8) is 0 Å². The van der Waals surface area contributed by atoms with Gasteiger partial charge in [0.1, 0.15) is 0 Å². The minimum atomic E-state index is 0. The average molecular weight is 529 g/mol. The standard InChI is InChI=1S/C25H22N.Ir/c1-25(2,3)23-13-11-18(12-14-23)19-9-6-10-21(15-19)24-16-20-7-4-5-8-22(20)17-26-24;/h4-9,11-17H,1-3H3;/q-1;. The Balaban J connectivity index is 0.00000210. The fourth-order valence-electron chi connectivity index (χ4n) is 3.19. The van der Waals surface area contributed by atoms with Crippen LogP contribution in [-0.4, -0.2) is 4.98 Å². The van der Waals surface area contributed by atoms with E-state index in [1.165, 1.54) is 22.1 Å². The third-order valence-corrected chi connectivity index (χ3v) is 4.79. The van der Waals surface area contributed by atoms with E-state index in [1.54, 1.807) is 0 Å². The van der Waals surface area contributed by atoms with Crippen molar-refractivity contribution in [1.29, 1.82) is 0 Å². The van der Waals surface area contributed by atoms with E-state index in [-0.39, 0.29) is 25.5 Å². The van der Waals surface area contributed by atoms with Crippen LogP contribution in [0.5, 0.6) is 0 Å². The maximum atomic E-state index is 4.63. The van der Waals surface area contributed by atoms with Crippen LogP contribution in [-0.2, 0) is 25.5 Å². The fourth-order valence-corrected chi connectivity index (χ4v) is 3.19. The smallest absolute Gasteiger partial charge is 0.0239 e. The van der Waals surface area contributed by atoms with Crippen molar-refractivity contribution < 1.29 is 20.1 Å². The minimum Gasteiger partial charge on any atom is -0.304 e. The van der Waals surface area contributed by atoms with Gasteiger partial charge in [-0.05, 0) is 33.0 Å². The Morgan fingerprint density at radius 3 is 2.19 bits per heavy atom. The van der Waals surface area contributed by atoms with Crippen molar-refractivity contribution in [2.75, 3.05) is 0 Å². The molecule has 0 aliphatic rings. The van der Waals surface area contributed by atoms with Crippen molar-refractivity contribution in [1.82, 2.24) is 4.98 Å². The van der Waals surface area contributed by atoms with Gasteiger partial charge in [-0.3, -0.25) is 0 Å². The Morgan fingerprint density at radius 2 is 1.48 bits per heavy atom. The molecule has 1 heterocycles. The van der Waals surface area contributed by atoms with Crippen LogP contribution in [0.15, 0.2) is 79.0 Å². The summed E-state index contributed by atoms with van der Waals surface area (Å²) in [5.74, 6) is 0. The molecule has 0 bridgehead atoms. The number of aromatic nitrogens is 1. The first-order chi connectivity index (χ1) is 12.5. The number of hydrogen-bond acceptors (Lipinski definition) is 1. The maximum absolute atomic E-state index is 4.63. The Bertz CT molecular complexity index is 1060. The van der Waals surface area contributed by atoms with Crippen molar-refractivity contribution in [3.8, 4) is 22.4 Å². The second kappa shape index (κ2) is 7.76. The molecule has 1 radical (unpaired) electrons. The summed E-state index contributed by atoms with van der Waals surface area (Å²) in [6, 6.07) is 28.9. The van der Waals surface area contributed by atoms with Gasteiger partial charge in [-0.2, -0.15) is 0 Å². The first-order valence-corrected chi connectivity index (χ1v) is 8.98. The van der Waals surface area contributed by atoms with Crippen molar-refractivity contribution in [2.45, 2.75) is 26.2 Å². The van der Waals surface area contributed by atoms with E-state index >= 15 is 0 Å². The summed E-state index contributed by atoms with van der Waals surface area (Å²) in [4.78, 5) is 4.63. The zero-order chi connectivity index (χ0) is 18.1. The molecule has 0 atom stereocenters. The Labute approximate surface area is 174 Å². The van der Waals surface area contributed by atoms with Crippen LogP contribution in [0.3, 0.4) is 0 Å². The molecule has 0 fully saturated rings. The molecular formula is C25H22IrN-. The predicted octanol–water partition coefficient (Wildman–Crippen LogP) is 6.66. The van der Waals surface area contributed by atoms with Gasteiger partial charge in [0.15, 0.2) is 0 Å². The minimum absolute atomic E-state index is 0. The van der Waals surface area contributed by atoms with E-state index in [9.17, 15) is 0 Å². The number of rotatable bonds is 2. The molecule has 0 aliphatic heterocycles. The summed E-state index contributed by atoms with van der Waals surface area (Å²) in [7, 11) is 0. The monoisotopic (exact) mass is 529 g/mol. The van der Waals surface area contributed by atoms with E-state index < -0.39 is 0 Å². The molecule has 2 heteroatoms. The van der Waals surface area contributed by atoms with Gasteiger partial charge < -0.3 is 4.98 Å². The van der Waals surface area contributed by atoms with E-state index in [0.717, 1.165) is 16.6 Å². The van der Waals surface area contributed by atoms with Gasteiger partial charge in [0, 0.05) is 26.3 Å². The maximum Gasteiger partial charge on any atom is 0.0239 e. The molecule has 0 aliphatic carbocycles. The van der Waals surface area contributed by atoms with Gasteiger partial charge in [-0.1, -0.05) is 75.4 Å². The molecular weight excluding hydrogens is 506 g/mol. The number of hydrogen-bond donors (Lipinski definition) is 0. The molecule has 1 nitrogen and oxygen atoms in total. The van der Waals surface area contributed by atoms with Gasteiger partial charge in [0.25, 0.3) is 0 Å². The van der Waals surface area contributed by atoms with E-state index in [1.807, 2.05) is 18.3 Å². The van der Waals surface area contributed by atoms with Gasteiger partial charge in [0.2, 0.25) is 0 Å². The van der Waals surface area contributed by atoms with Gasteiger partial charge in [-0.25, -0.2) is 0 Å². The van der Waals surface area contributed by atoms with Crippen molar-refractivity contribution in [3.05, 3.63) is 90.6 Å². The third-order valence-electron chi connectivity index (χ3n) is 4.79. The molecule has 3 aromatic carbocycles. The fraction of sp³-hybridized carbons (Fsp3) is 0.160. The normalized spacial score (nSPS) is 11.2. The second-order valence-electron chi connectivity index (χ2n) is 7.74. The van der Waals surface area contributed by atoms with Crippen molar-refractivity contribution in [2.24, 2.45) is 0 Å². The summed E-state index contributed by atoms with van der Waals surface area (Å²) in [6.45, 7) is 6.72. The summed E-state index contributed by atoms with van der Waals surface area (Å²) in [6.07, 6.45) is 1.93. The predicted molar refractivity (Wildman–Crippen MR) is 110 cm³/mol. The van der Waals surface area contributed by atoms with Crippen LogP contribution in [0.25, 0.3) is 33.2 Å². The Morgan fingerprint density at radius 1 is 0.778 bits per heavy atom. The van der Waals surface area contributed by atoms with Crippen LogP contribution in [0, 0.1) is 6.07 Å². The third kappa shape index (κ3) is 4.18. The summed E-state index contributed by atoms with van der Waals surface area (Å²) >= 11 is 0. The molecule has 0 N–H and O–H groups in total. The number of nitrogens with zero attached hydrogens (tertiary/aromatic N) is 1. The first kappa shape index (κ1) is 19.5. The first-order valence-electron chi connectivity index (χ1n) is 8.98. The van der Waals surface area contributed by atoms with Crippen LogP contribution >= 0.6 is 0 Å². The summed E-state index contributed by atoms with van der Waals surface area (Å²) < 4.78 is 0. The molecule has 0 amide bonds. The molecule has 4 rings (SSSR count). The van der Waals surface area contributed by atoms with Crippen molar-refractivity contribution >= 4 is 10.8 Å². The van der Waals surface area contributed by atoms with Crippen LogP contribution in [0.4, 0.5) is 0 Å². The van der Waals surface area contributed by atoms with Gasteiger partial charge in [-0.15, -0.1) is 35.4 Å². The second-order valence-corrected chi connectivity index (χ2v) is 7.74. The molecule has 4 aromatic rings. The van der Waals surface area contributed by atoms with Gasteiger partial charge >= 0.3 is 0 Å². The van der Waals surface area contributed by atoms with Crippen LogP contribution in [0.2, 0.25) is 0 Å². The average Bonchev–Trinajstić information content (AvgIpc) is 2.67. The number of benzene rings is 3. The summed E-state index contributed by atoms with van der Waals surface area (Å²) in [5.41, 5.74) is 5.90. The van der Waals surface area contributed by atoms with E-state index in [4.69, 9.17) is 0 Å².